The summed E-state index contributed by atoms with van der Waals surface area (Å²) < 4.78 is 5.61. The Bertz CT molecular complexity index is 1000. The van der Waals surface area contributed by atoms with Crippen LogP contribution in [0.1, 0.15) is 29.9 Å². The second kappa shape index (κ2) is 10.7. The number of benzene rings is 2. The smallest absolute Gasteiger partial charge is 0.407 e. The molecule has 0 aromatic heterocycles. The molecule has 1 aliphatic carbocycles. The molecular weight excluding hydrogens is 438 g/mol. The monoisotopic (exact) mass is 467 g/mol. The first-order valence-electron chi connectivity index (χ1n) is 11.4. The van der Waals surface area contributed by atoms with Crippen molar-refractivity contribution < 1.29 is 29.3 Å². The predicted molar refractivity (Wildman–Crippen MR) is 124 cm³/mol. The van der Waals surface area contributed by atoms with Crippen molar-refractivity contribution in [2.75, 3.05) is 32.8 Å². The van der Waals surface area contributed by atoms with E-state index in [2.05, 4.69) is 34.9 Å². The number of aliphatic carboxylic acids is 1. The van der Waals surface area contributed by atoms with Crippen molar-refractivity contribution in [2.24, 2.45) is 0 Å². The van der Waals surface area contributed by atoms with Crippen LogP contribution in [0.5, 0.6) is 0 Å². The summed E-state index contributed by atoms with van der Waals surface area (Å²) >= 11 is 0. The fourth-order valence-electron chi connectivity index (χ4n) is 4.67. The van der Waals surface area contributed by atoms with Gasteiger partial charge in [0.2, 0.25) is 5.91 Å². The molecule has 2 aromatic carbocycles. The van der Waals surface area contributed by atoms with Crippen LogP contribution in [-0.2, 0) is 14.3 Å². The van der Waals surface area contributed by atoms with Crippen LogP contribution in [0.3, 0.4) is 0 Å². The van der Waals surface area contributed by atoms with E-state index in [0.717, 1.165) is 11.1 Å². The zero-order valence-corrected chi connectivity index (χ0v) is 18.8. The third kappa shape index (κ3) is 5.37. The molecule has 9 heteroatoms. The molecular formula is C25H29N3O6. The van der Waals surface area contributed by atoms with E-state index in [1.165, 1.54) is 11.1 Å². The van der Waals surface area contributed by atoms with E-state index in [-0.39, 0.29) is 25.1 Å². The molecule has 0 unspecified atom stereocenters. The molecule has 9 nitrogen and oxygen atoms in total. The lowest BCUT2D eigenvalue weighted by Crippen LogP contribution is -2.50. The van der Waals surface area contributed by atoms with Gasteiger partial charge in [-0.1, -0.05) is 48.5 Å². The maximum atomic E-state index is 12.5. The van der Waals surface area contributed by atoms with Crippen molar-refractivity contribution in [2.45, 2.75) is 30.8 Å². The normalized spacial score (nSPS) is 16.9. The fraction of sp³-hybridized carbons (Fsp3) is 0.400. The van der Waals surface area contributed by atoms with Gasteiger partial charge in [0.15, 0.2) is 0 Å². The Hall–Kier alpha value is -3.43. The second-order valence-corrected chi connectivity index (χ2v) is 8.66. The Kier molecular flexibility index (Phi) is 7.44. The summed E-state index contributed by atoms with van der Waals surface area (Å²) in [4.78, 5) is 37.3. The van der Waals surface area contributed by atoms with E-state index < -0.39 is 30.6 Å². The number of hydrogen-bond acceptors (Lipinski definition) is 6. The minimum atomic E-state index is -1.31. The molecule has 0 radical (unpaired) electrons. The van der Waals surface area contributed by atoms with Gasteiger partial charge in [0.25, 0.3) is 0 Å². The second-order valence-electron chi connectivity index (χ2n) is 8.66. The number of carboxylic acids is 1. The Labute approximate surface area is 197 Å². The average molecular weight is 468 g/mol. The van der Waals surface area contributed by atoms with E-state index in [1.807, 2.05) is 29.2 Å². The first-order chi connectivity index (χ1) is 16.5. The summed E-state index contributed by atoms with van der Waals surface area (Å²) in [5.41, 5.74) is 4.68. The van der Waals surface area contributed by atoms with Gasteiger partial charge < -0.3 is 25.6 Å². The van der Waals surface area contributed by atoms with Crippen molar-refractivity contribution in [3.63, 3.8) is 0 Å². The van der Waals surface area contributed by atoms with Gasteiger partial charge in [0.05, 0.1) is 13.2 Å². The number of ether oxygens (including phenoxy) is 1. The van der Waals surface area contributed by atoms with E-state index in [9.17, 15) is 14.4 Å². The highest BCUT2D eigenvalue weighted by Gasteiger charge is 2.30. The number of aliphatic hydroxyl groups excluding tert-OH is 1. The highest BCUT2D eigenvalue weighted by Crippen LogP contribution is 2.44. The maximum Gasteiger partial charge on any atom is 0.407 e. The third-order valence-electron chi connectivity index (χ3n) is 6.44. The van der Waals surface area contributed by atoms with Gasteiger partial charge in [-0.25, -0.2) is 9.59 Å². The van der Waals surface area contributed by atoms with E-state index in [4.69, 9.17) is 14.9 Å². The summed E-state index contributed by atoms with van der Waals surface area (Å²) in [6.45, 7) is 0.806. The van der Waals surface area contributed by atoms with Crippen molar-refractivity contribution >= 4 is 18.0 Å². The molecule has 1 heterocycles. The number of alkyl carbamates (subject to hydrolysis) is 1. The van der Waals surface area contributed by atoms with Gasteiger partial charge in [-0.15, -0.1) is 0 Å². The quantitative estimate of drug-likeness (QED) is 0.464. The molecule has 4 N–H and O–H groups in total. The zero-order valence-electron chi connectivity index (χ0n) is 18.8. The average Bonchev–Trinajstić information content (AvgIpc) is 3.16. The lowest BCUT2D eigenvalue weighted by molar-refractivity contribution is -0.143. The van der Waals surface area contributed by atoms with Crippen molar-refractivity contribution in [1.82, 2.24) is 15.5 Å². The van der Waals surface area contributed by atoms with Crippen LogP contribution in [0.25, 0.3) is 11.1 Å². The fourth-order valence-corrected chi connectivity index (χ4v) is 4.67. The zero-order chi connectivity index (χ0) is 24.1. The summed E-state index contributed by atoms with van der Waals surface area (Å²) in [6.07, 6.45) is 0.852. The van der Waals surface area contributed by atoms with Crippen LogP contribution >= 0.6 is 0 Å². The minimum absolute atomic E-state index is 0.00654. The molecule has 0 bridgehead atoms. The molecule has 2 aliphatic rings. The number of piperidine rings is 1. The van der Waals surface area contributed by atoms with Crippen LogP contribution in [-0.4, -0.2) is 78.0 Å². The summed E-state index contributed by atoms with van der Waals surface area (Å²) in [7, 11) is 0. The Morgan fingerprint density at radius 2 is 1.59 bits per heavy atom. The first-order valence-corrected chi connectivity index (χ1v) is 11.4. The molecule has 0 spiro atoms. The van der Waals surface area contributed by atoms with Gasteiger partial charge in [0.1, 0.15) is 12.6 Å². The van der Waals surface area contributed by atoms with Crippen LogP contribution in [0.2, 0.25) is 0 Å². The lowest BCUT2D eigenvalue weighted by Gasteiger charge is -2.31. The minimum Gasteiger partial charge on any atom is -0.480 e. The van der Waals surface area contributed by atoms with Crippen LogP contribution < -0.4 is 10.6 Å². The van der Waals surface area contributed by atoms with Crippen LogP contribution in [0.15, 0.2) is 48.5 Å². The number of carbonyl (C=O) groups is 3. The van der Waals surface area contributed by atoms with E-state index >= 15 is 0 Å². The summed E-state index contributed by atoms with van der Waals surface area (Å²) in [5, 5.41) is 23.2. The van der Waals surface area contributed by atoms with Crippen LogP contribution in [0, 0.1) is 0 Å². The Morgan fingerprint density at radius 1 is 1.00 bits per heavy atom. The van der Waals surface area contributed by atoms with Gasteiger partial charge in [-0.05, 0) is 35.1 Å². The first kappa shape index (κ1) is 23.7. The number of amides is 2. The number of carbonyl (C=O) groups excluding carboxylic acids is 2. The number of hydrogen-bond donors (Lipinski definition) is 4. The molecule has 2 aromatic rings. The van der Waals surface area contributed by atoms with Crippen molar-refractivity contribution in [1.29, 1.82) is 0 Å². The molecule has 0 saturated carbocycles. The van der Waals surface area contributed by atoms with Crippen molar-refractivity contribution in [3.8, 4) is 11.1 Å². The molecule has 1 fully saturated rings. The molecule has 180 valence electrons. The number of likely N-dealkylation sites (tertiary alicyclic amines) is 1. The van der Waals surface area contributed by atoms with Gasteiger partial charge in [-0.3, -0.25) is 9.69 Å². The third-order valence-corrected chi connectivity index (χ3v) is 6.44. The molecule has 2 amide bonds. The van der Waals surface area contributed by atoms with Gasteiger partial charge in [0, 0.05) is 25.0 Å². The SMILES string of the molecule is O=C(CN1CCC(NC(=O)OCC2c3ccccc3-c3ccccc32)CC1)N[C@H](CO)C(=O)O. The highest BCUT2D eigenvalue weighted by molar-refractivity contribution is 5.84. The van der Waals surface area contributed by atoms with Crippen LogP contribution in [0.4, 0.5) is 4.79 Å². The summed E-state index contributed by atoms with van der Waals surface area (Å²) in [5.74, 6) is -1.72. The lowest BCUT2D eigenvalue weighted by atomic mass is 9.98. The Balaban J connectivity index is 1.23. The summed E-state index contributed by atoms with van der Waals surface area (Å²) in [6, 6.07) is 15.0. The molecule has 1 atom stereocenters. The number of carboxylic acid groups (broad SMARTS) is 1. The van der Waals surface area contributed by atoms with E-state index in [0.29, 0.717) is 25.9 Å². The standard InChI is InChI=1S/C25H29N3O6/c29-14-22(24(31)32)27-23(30)13-28-11-9-16(10-12-28)26-25(33)34-15-21-19-7-3-1-5-17(19)18-6-2-4-8-20(18)21/h1-8,16,21-22,29H,9-15H2,(H,26,33)(H,27,30)(H,31,32)/t22-/m1/s1. The maximum absolute atomic E-state index is 12.5. The highest BCUT2D eigenvalue weighted by atomic mass is 16.5. The molecule has 34 heavy (non-hydrogen) atoms. The Morgan fingerprint density at radius 3 is 2.15 bits per heavy atom. The topological polar surface area (TPSA) is 128 Å². The number of fused-ring (bicyclic) bond motifs is 3. The number of nitrogens with zero attached hydrogens (tertiary/aromatic N) is 1. The van der Waals surface area contributed by atoms with Gasteiger partial charge >= 0.3 is 12.1 Å². The largest absolute Gasteiger partial charge is 0.480 e. The number of nitrogens with one attached hydrogen (secondary N) is 2. The molecule has 4 rings (SSSR count). The number of rotatable bonds is 8. The number of aliphatic hydroxyl groups is 1. The van der Waals surface area contributed by atoms with E-state index in [1.54, 1.807) is 0 Å². The van der Waals surface area contributed by atoms with Gasteiger partial charge in [-0.2, -0.15) is 0 Å². The molecule has 1 aliphatic heterocycles. The molecule has 1 saturated heterocycles. The van der Waals surface area contributed by atoms with Crippen molar-refractivity contribution in [3.05, 3.63) is 59.7 Å². The predicted octanol–water partition coefficient (Wildman–Crippen LogP) is 1.55.